The summed E-state index contributed by atoms with van der Waals surface area (Å²) in [4.78, 5) is 34.2. The standard InChI is InChI=1S/C16H26N2O4/c1-4-10-16(2,3)11-22-15(20)17-13(14(19)18-21)12-8-6-5-7-9-12/h4,12-13H,1,5-11H2,2-3H3,(H,17,20)/t13-/m0/s1. The summed E-state index contributed by atoms with van der Waals surface area (Å²) in [5.74, 6) is -0.859. The molecule has 0 spiro atoms. The van der Waals surface area contributed by atoms with Gasteiger partial charge in [0, 0.05) is 10.6 Å². The Hall–Kier alpha value is -1.72. The molecule has 0 aromatic carbocycles. The van der Waals surface area contributed by atoms with E-state index >= 15 is 0 Å². The average molecular weight is 310 g/mol. The number of nitrogens with zero attached hydrogens (tertiary/aromatic N) is 1. The Balaban J connectivity index is 2.57. The monoisotopic (exact) mass is 310 g/mol. The third-order valence-electron chi connectivity index (χ3n) is 4.04. The second kappa shape index (κ2) is 8.66. The number of alkyl carbamates (subject to hydrolysis) is 1. The van der Waals surface area contributed by atoms with Crippen LogP contribution in [0.5, 0.6) is 0 Å². The van der Waals surface area contributed by atoms with Crippen LogP contribution in [0.1, 0.15) is 52.4 Å². The fourth-order valence-corrected chi connectivity index (χ4v) is 2.78. The molecule has 0 radical (unpaired) electrons. The lowest BCUT2D eigenvalue weighted by molar-refractivity contribution is -0.121. The number of nitrogens with one attached hydrogen (secondary N) is 1. The molecule has 1 saturated carbocycles. The SMILES string of the molecule is C=CCC(C)(C)COC(=O)N[C@H](C(=O)N=O)C1CCCCC1. The molecule has 0 bridgehead atoms. The van der Waals surface area contributed by atoms with Crippen LogP contribution in [0.15, 0.2) is 17.8 Å². The van der Waals surface area contributed by atoms with Gasteiger partial charge in [0.2, 0.25) is 0 Å². The number of allylic oxidation sites excluding steroid dienone is 1. The van der Waals surface area contributed by atoms with E-state index in [0.29, 0.717) is 6.42 Å². The molecule has 1 aliphatic rings. The zero-order valence-corrected chi connectivity index (χ0v) is 13.5. The first kappa shape index (κ1) is 18.3. The van der Waals surface area contributed by atoms with E-state index in [9.17, 15) is 14.5 Å². The first-order valence-corrected chi connectivity index (χ1v) is 7.81. The lowest BCUT2D eigenvalue weighted by Gasteiger charge is -2.28. The molecule has 22 heavy (non-hydrogen) atoms. The highest BCUT2D eigenvalue weighted by atomic mass is 16.5. The predicted octanol–water partition coefficient (Wildman–Crippen LogP) is 3.56. The molecule has 1 rings (SSSR count). The normalized spacial score (nSPS) is 17.4. The summed E-state index contributed by atoms with van der Waals surface area (Å²) in [5, 5.41) is 5.00. The molecule has 0 aromatic rings. The largest absolute Gasteiger partial charge is 0.449 e. The number of amides is 2. The van der Waals surface area contributed by atoms with Gasteiger partial charge in [-0.15, -0.1) is 11.5 Å². The van der Waals surface area contributed by atoms with Crippen molar-refractivity contribution in [2.24, 2.45) is 16.5 Å². The van der Waals surface area contributed by atoms with E-state index in [1.54, 1.807) is 6.08 Å². The van der Waals surface area contributed by atoms with Gasteiger partial charge in [-0.05, 0) is 25.2 Å². The van der Waals surface area contributed by atoms with Gasteiger partial charge in [-0.3, -0.25) is 4.79 Å². The lowest BCUT2D eigenvalue weighted by Crippen LogP contribution is -2.46. The third kappa shape index (κ3) is 5.95. The van der Waals surface area contributed by atoms with Gasteiger partial charge in [-0.25, -0.2) is 4.79 Å². The Labute approximate surface area is 131 Å². The first-order chi connectivity index (χ1) is 10.4. The van der Waals surface area contributed by atoms with E-state index in [1.165, 1.54) is 0 Å². The minimum atomic E-state index is -0.868. The second-order valence-electron chi connectivity index (χ2n) is 6.68. The number of carbonyl (C=O) groups is 2. The fourth-order valence-electron chi connectivity index (χ4n) is 2.78. The summed E-state index contributed by atoms with van der Waals surface area (Å²) in [5.41, 5.74) is -0.216. The molecule has 1 fully saturated rings. The van der Waals surface area contributed by atoms with E-state index in [0.717, 1.165) is 32.1 Å². The minimum absolute atomic E-state index is 0.0346. The average Bonchev–Trinajstić information content (AvgIpc) is 2.51. The smallest absolute Gasteiger partial charge is 0.407 e. The Bertz CT molecular complexity index is 414. The molecule has 0 unspecified atom stereocenters. The van der Waals surface area contributed by atoms with Crippen LogP contribution < -0.4 is 5.32 Å². The summed E-state index contributed by atoms with van der Waals surface area (Å²) in [7, 11) is 0. The second-order valence-corrected chi connectivity index (χ2v) is 6.68. The Morgan fingerprint density at radius 3 is 2.55 bits per heavy atom. The maximum absolute atomic E-state index is 11.9. The van der Waals surface area contributed by atoms with E-state index in [1.807, 2.05) is 13.8 Å². The van der Waals surface area contributed by atoms with Gasteiger partial charge < -0.3 is 10.1 Å². The summed E-state index contributed by atoms with van der Waals surface area (Å²) < 4.78 is 5.18. The molecule has 124 valence electrons. The molecule has 0 aliphatic heterocycles. The highest BCUT2D eigenvalue weighted by Crippen LogP contribution is 2.27. The molecule has 1 N–H and O–H groups in total. The molecule has 0 saturated heterocycles. The number of carbonyl (C=O) groups excluding carboxylic acids is 2. The summed E-state index contributed by atoms with van der Waals surface area (Å²) in [6.07, 6.45) is 6.54. The zero-order chi connectivity index (χ0) is 16.6. The number of rotatable bonds is 7. The van der Waals surface area contributed by atoms with Crippen LogP contribution in [0, 0.1) is 16.2 Å². The van der Waals surface area contributed by atoms with Crippen molar-refractivity contribution in [3.8, 4) is 0 Å². The van der Waals surface area contributed by atoms with Crippen LogP contribution in [-0.2, 0) is 9.53 Å². The van der Waals surface area contributed by atoms with Crippen LogP contribution in [0.2, 0.25) is 0 Å². The van der Waals surface area contributed by atoms with Crippen molar-refractivity contribution in [3.05, 3.63) is 17.6 Å². The highest BCUT2D eigenvalue weighted by molar-refractivity contribution is 5.86. The van der Waals surface area contributed by atoms with E-state index in [-0.39, 0.29) is 17.9 Å². The van der Waals surface area contributed by atoms with Crippen molar-refractivity contribution in [2.45, 2.75) is 58.4 Å². The first-order valence-electron chi connectivity index (χ1n) is 7.81. The highest BCUT2D eigenvalue weighted by Gasteiger charge is 2.32. The summed E-state index contributed by atoms with van der Waals surface area (Å²) in [6.45, 7) is 7.80. The molecule has 1 aliphatic carbocycles. The van der Waals surface area contributed by atoms with Crippen LogP contribution in [0.4, 0.5) is 4.79 Å². The molecule has 0 heterocycles. The van der Waals surface area contributed by atoms with Crippen molar-refractivity contribution in [1.82, 2.24) is 5.32 Å². The quantitative estimate of drug-likeness (QED) is 0.575. The molecular weight excluding hydrogens is 284 g/mol. The fraction of sp³-hybridized carbons (Fsp3) is 0.750. The van der Waals surface area contributed by atoms with Crippen molar-refractivity contribution < 1.29 is 14.3 Å². The van der Waals surface area contributed by atoms with Gasteiger partial charge in [-0.2, -0.15) is 0 Å². The summed E-state index contributed by atoms with van der Waals surface area (Å²) in [6, 6.07) is -0.868. The summed E-state index contributed by atoms with van der Waals surface area (Å²) >= 11 is 0. The van der Waals surface area contributed by atoms with E-state index in [2.05, 4.69) is 17.1 Å². The van der Waals surface area contributed by atoms with Crippen LogP contribution in [0.25, 0.3) is 0 Å². The van der Waals surface area contributed by atoms with Crippen LogP contribution in [0.3, 0.4) is 0 Å². The predicted molar refractivity (Wildman–Crippen MR) is 84.2 cm³/mol. The minimum Gasteiger partial charge on any atom is -0.449 e. The van der Waals surface area contributed by atoms with Gasteiger partial charge >= 0.3 is 12.0 Å². The van der Waals surface area contributed by atoms with Crippen LogP contribution in [-0.4, -0.2) is 24.6 Å². The molecule has 6 heteroatoms. The van der Waals surface area contributed by atoms with Gasteiger partial charge in [0.15, 0.2) is 0 Å². The molecule has 1 atom stereocenters. The molecular formula is C16H26N2O4. The zero-order valence-electron chi connectivity index (χ0n) is 13.5. The number of ether oxygens (including phenoxy) is 1. The van der Waals surface area contributed by atoms with E-state index in [4.69, 9.17) is 4.74 Å². The van der Waals surface area contributed by atoms with Crippen molar-refractivity contribution in [1.29, 1.82) is 0 Å². The maximum atomic E-state index is 11.9. The van der Waals surface area contributed by atoms with Gasteiger partial charge in [0.05, 0.1) is 6.61 Å². The van der Waals surface area contributed by atoms with Crippen molar-refractivity contribution >= 4 is 12.0 Å². The van der Waals surface area contributed by atoms with Crippen molar-refractivity contribution in [2.75, 3.05) is 6.61 Å². The van der Waals surface area contributed by atoms with Crippen LogP contribution >= 0.6 is 0 Å². The lowest BCUT2D eigenvalue weighted by atomic mass is 9.83. The molecule has 6 nitrogen and oxygen atoms in total. The molecule has 0 aromatic heterocycles. The number of nitroso groups, excluding NO2 is 1. The van der Waals surface area contributed by atoms with Gasteiger partial charge in [0.1, 0.15) is 6.04 Å². The number of hydrogen-bond acceptors (Lipinski definition) is 4. The van der Waals surface area contributed by atoms with E-state index < -0.39 is 18.0 Å². The Kier molecular flexibility index (Phi) is 7.21. The molecule has 2 amide bonds. The number of hydrogen-bond donors (Lipinski definition) is 1. The topological polar surface area (TPSA) is 84.8 Å². The van der Waals surface area contributed by atoms with Gasteiger partial charge in [0.25, 0.3) is 0 Å². The Morgan fingerprint density at radius 2 is 2.00 bits per heavy atom. The Morgan fingerprint density at radius 1 is 1.36 bits per heavy atom. The van der Waals surface area contributed by atoms with Crippen molar-refractivity contribution in [3.63, 3.8) is 0 Å². The third-order valence-corrected chi connectivity index (χ3v) is 4.04. The maximum Gasteiger partial charge on any atom is 0.407 e. The van der Waals surface area contributed by atoms with Gasteiger partial charge in [-0.1, -0.05) is 39.2 Å².